The summed E-state index contributed by atoms with van der Waals surface area (Å²) in [7, 11) is 1.89. The normalized spacial score (nSPS) is 23.0. The Labute approximate surface area is 244 Å². The van der Waals surface area contributed by atoms with Crippen LogP contribution in [0.4, 0.5) is 10.2 Å². The molecule has 2 N–H and O–H groups in total. The number of hydrogen-bond acceptors (Lipinski definition) is 7. The third-order valence-corrected chi connectivity index (χ3v) is 9.39. The Hall–Kier alpha value is -3.14. The third kappa shape index (κ3) is 4.68. The molecule has 2 aromatic heterocycles. The first-order valence-electron chi connectivity index (χ1n) is 14.6. The SMILES string of the molecule is CC(C)N1CCC[C@H]1COc1nc(N2CC3CCC(C2)N3)c2cc(Cl)c(-c3cn(C)c4ccc(O)cc34)c(F)c2n1. The van der Waals surface area contributed by atoms with Crippen molar-refractivity contribution < 1.29 is 14.2 Å². The summed E-state index contributed by atoms with van der Waals surface area (Å²) in [5.41, 5.74) is 1.92. The van der Waals surface area contributed by atoms with Crippen LogP contribution in [0.3, 0.4) is 0 Å². The minimum absolute atomic E-state index is 0.109. The summed E-state index contributed by atoms with van der Waals surface area (Å²) in [6.45, 7) is 7.49. The minimum Gasteiger partial charge on any atom is -0.508 e. The second-order valence-corrected chi connectivity index (χ2v) is 12.5. The molecule has 7 rings (SSSR count). The number of nitrogens with one attached hydrogen (secondary N) is 1. The number of likely N-dealkylation sites (tertiary alicyclic amines) is 1. The molecule has 8 nitrogen and oxygen atoms in total. The van der Waals surface area contributed by atoms with Gasteiger partial charge < -0.3 is 24.6 Å². The van der Waals surface area contributed by atoms with Crippen molar-refractivity contribution in [2.45, 2.75) is 63.7 Å². The van der Waals surface area contributed by atoms with E-state index in [1.165, 1.54) is 0 Å². The number of aromatic hydroxyl groups is 1. The molecule has 4 aromatic rings. The average molecular weight is 579 g/mol. The predicted octanol–water partition coefficient (Wildman–Crippen LogP) is 5.48. The fourth-order valence-electron chi connectivity index (χ4n) is 7.15. The number of hydrogen-bond donors (Lipinski definition) is 2. The second kappa shape index (κ2) is 10.3. The molecular formula is C31H36ClFN6O2. The van der Waals surface area contributed by atoms with Gasteiger partial charge in [0.1, 0.15) is 23.7 Å². The number of piperazine rings is 1. The lowest BCUT2D eigenvalue weighted by Crippen LogP contribution is -2.51. The molecule has 0 amide bonds. The Bertz CT molecular complexity index is 1630. The molecule has 5 heterocycles. The Morgan fingerprint density at radius 1 is 1.12 bits per heavy atom. The standard InChI is InChI=1S/C31H36ClFN6O2/c1-17(2)39-10-4-5-20(39)16-41-31-35-29-23(30(36-31)38-13-18-6-7-19(14-38)34-18)12-25(32)27(28(29)33)24-15-37(3)26-9-8-21(40)11-22(24)26/h8-9,11-12,15,17-20,34,40H,4-7,10,13-14,16H2,1-3H3/t18?,19?,20-/m0/s1. The first-order chi connectivity index (χ1) is 19.8. The number of fused-ring (bicyclic) bond motifs is 4. The van der Waals surface area contributed by atoms with Crippen molar-refractivity contribution in [2.24, 2.45) is 7.05 Å². The van der Waals surface area contributed by atoms with Gasteiger partial charge in [-0.3, -0.25) is 4.90 Å². The molecule has 10 heteroatoms. The molecule has 0 saturated carbocycles. The van der Waals surface area contributed by atoms with E-state index in [0.717, 1.165) is 50.8 Å². The zero-order valence-electron chi connectivity index (χ0n) is 23.7. The first-order valence-corrected chi connectivity index (χ1v) is 15.0. The van der Waals surface area contributed by atoms with E-state index in [1.54, 1.807) is 18.2 Å². The number of anilines is 1. The highest BCUT2D eigenvalue weighted by Gasteiger charge is 2.35. The highest BCUT2D eigenvalue weighted by atomic mass is 35.5. The zero-order chi connectivity index (χ0) is 28.4. The summed E-state index contributed by atoms with van der Waals surface area (Å²) in [5.74, 6) is 0.260. The maximum atomic E-state index is 16.7. The van der Waals surface area contributed by atoms with Crippen LogP contribution in [0.1, 0.15) is 39.5 Å². The van der Waals surface area contributed by atoms with Gasteiger partial charge in [0.25, 0.3) is 0 Å². The van der Waals surface area contributed by atoms with Crippen molar-refractivity contribution in [1.82, 2.24) is 24.8 Å². The van der Waals surface area contributed by atoms with Gasteiger partial charge in [0.05, 0.1) is 5.02 Å². The Balaban J connectivity index is 1.36. The summed E-state index contributed by atoms with van der Waals surface area (Å²) >= 11 is 6.87. The van der Waals surface area contributed by atoms with Gasteiger partial charge in [-0.2, -0.15) is 9.97 Å². The van der Waals surface area contributed by atoms with Gasteiger partial charge in [-0.25, -0.2) is 4.39 Å². The molecular weight excluding hydrogens is 543 g/mol. The smallest absolute Gasteiger partial charge is 0.319 e. The van der Waals surface area contributed by atoms with Crippen LogP contribution in [0.25, 0.3) is 32.9 Å². The van der Waals surface area contributed by atoms with Gasteiger partial charge in [-0.15, -0.1) is 0 Å². The summed E-state index contributed by atoms with van der Waals surface area (Å²) < 4.78 is 24.9. The number of ether oxygens (including phenoxy) is 1. The summed E-state index contributed by atoms with van der Waals surface area (Å²) in [4.78, 5) is 14.2. The molecule has 3 saturated heterocycles. The number of aromatic nitrogens is 3. The van der Waals surface area contributed by atoms with Crippen LogP contribution >= 0.6 is 11.6 Å². The molecule has 3 fully saturated rings. The van der Waals surface area contributed by atoms with Crippen molar-refractivity contribution in [2.75, 3.05) is 31.1 Å². The molecule has 2 bridgehead atoms. The van der Waals surface area contributed by atoms with Crippen LogP contribution in [-0.4, -0.2) is 75.0 Å². The van der Waals surface area contributed by atoms with Crippen molar-refractivity contribution in [3.63, 3.8) is 0 Å². The number of phenolic OH excluding ortho intramolecular Hbond substituents is 1. The maximum absolute atomic E-state index is 16.7. The van der Waals surface area contributed by atoms with Crippen LogP contribution in [0.5, 0.6) is 11.8 Å². The van der Waals surface area contributed by atoms with Crippen molar-refractivity contribution >= 4 is 39.2 Å². The van der Waals surface area contributed by atoms with Crippen LogP contribution in [0.2, 0.25) is 5.02 Å². The fraction of sp³-hybridized carbons (Fsp3) is 0.484. The van der Waals surface area contributed by atoms with Crippen LogP contribution < -0.4 is 15.0 Å². The van der Waals surface area contributed by atoms with Crippen LogP contribution in [0, 0.1) is 5.82 Å². The fourth-order valence-corrected chi connectivity index (χ4v) is 7.44. The van der Waals surface area contributed by atoms with Crippen molar-refractivity contribution in [3.05, 3.63) is 41.3 Å². The zero-order valence-corrected chi connectivity index (χ0v) is 24.5. The number of phenols is 1. The van der Waals surface area contributed by atoms with E-state index < -0.39 is 5.82 Å². The number of benzene rings is 2. The van der Waals surface area contributed by atoms with E-state index in [0.29, 0.717) is 46.9 Å². The van der Waals surface area contributed by atoms with E-state index in [1.807, 2.05) is 23.9 Å². The highest BCUT2D eigenvalue weighted by Crippen LogP contribution is 2.42. The molecule has 3 aliphatic rings. The van der Waals surface area contributed by atoms with Gasteiger partial charge in [-0.05, 0) is 70.3 Å². The Morgan fingerprint density at radius 2 is 1.90 bits per heavy atom. The van der Waals surface area contributed by atoms with Crippen molar-refractivity contribution in [3.8, 4) is 22.9 Å². The van der Waals surface area contributed by atoms with E-state index in [-0.39, 0.29) is 33.9 Å². The van der Waals surface area contributed by atoms with Crippen LogP contribution in [0.15, 0.2) is 30.5 Å². The monoisotopic (exact) mass is 578 g/mol. The Kier molecular flexibility index (Phi) is 6.71. The van der Waals surface area contributed by atoms with E-state index in [2.05, 4.69) is 33.9 Å². The number of halogens is 2. The van der Waals surface area contributed by atoms with E-state index in [4.69, 9.17) is 21.3 Å². The molecule has 2 unspecified atom stereocenters. The first kappa shape index (κ1) is 26.7. The summed E-state index contributed by atoms with van der Waals surface area (Å²) in [5, 5.41) is 15.4. The van der Waals surface area contributed by atoms with Gasteiger partial charge in [0.2, 0.25) is 0 Å². The number of nitrogens with zero attached hydrogens (tertiary/aromatic N) is 5. The molecule has 0 radical (unpaired) electrons. The molecule has 41 heavy (non-hydrogen) atoms. The average Bonchev–Trinajstić information content (AvgIpc) is 3.64. The lowest BCUT2D eigenvalue weighted by atomic mass is 10.0. The van der Waals surface area contributed by atoms with Gasteiger partial charge in [-0.1, -0.05) is 11.6 Å². The van der Waals surface area contributed by atoms with Crippen molar-refractivity contribution in [1.29, 1.82) is 0 Å². The third-order valence-electron chi connectivity index (χ3n) is 9.09. The molecule has 216 valence electrons. The van der Waals surface area contributed by atoms with E-state index in [9.17, 15) is 5.11 Å². The quantitative estimate of drug-likeness (QED) is 0.314. The minimum atomic E-state index is -0.514. The van der Waals surface area contributed by atoms with Gasteiger partial charge in [0.15, 0.2) is 5.82 Å². The summed E-state index contributed by atoms with van der Waals surface area (Å²) in [6, 6.07) is 8.53. The molecule has 0 aliphatic carbocycles. The highest BCUT2D eigenvalue weighted by molar-refractivity contribution is 6.35. The number of rotatable bonds is 6. The topological polar surface area (TPSA) is 78.7 Å². The molecule has 3 atom stereocenters. The summed E-state index contributed by atoms with van der Waals surface area (Å²) in [6.07, 6.45) is 6.27. The maximum Gasteiger partial charge on any atom is 0.319 e. The molecule has 3 aliphatic heterocycles. The lowest BCUT2D eigenvalue weighted by Gasteiger charge is -2.34. The van der Waals surface area contributed by atoms with Crippen LogP contribution in [-0.2, 0) is 7.05 Å². The van der Waals surface area contributed by atoms with E-state index >= 15 is 4.39 Å². The Morgan fingerprint density at radius 3 is 2.66 bits per heavy atom. The van der Waals surface area contributed by atoms with Gasteiger partial charge in [0, 0.05) is 77.9 Å². The number of aryl methyl sites for hydroxylation is 1. The second-order valence-electron chi connectivity index (χ2n) is 12.1. The largest absolute Gasteiger partial charge is 0.508 e. The predicted molar refractivity (Wildman–Crippen MR) is 161 cm³/mol. The molecule has 0 spiro atoms. The van der Waals surface area contributed by atoms with Gasteiger partial charge >= 0.3 is 6.01 Å². The lowest BCUT2D eigenvalue weighted by molar-refractivity contribution is 0.138. The molecule has 2 aromatic carbocycles.